The van der Waals surface area contributed by atoms with Crippen LogP contribution in [0.5, 0.6) is 5.75 Å². The second kappa shape index (κ2) is 7.09. The van der Waals surface area contributed by atoms with Gasteiger partial charge in [-0.05, 0) is 49.9 Å². The van der Waals surface area contributed by atoms with Crippen LogP contribution < -0.4 is 4.74 Å². The molecule has 1 N–H and O–H groups in total. The molecular weight excluding hydrogens is 322 g/mol. The summed E-state index contributed by atoms with van der Waals surface area (Å²) < 4.78 is 6.66. The Morgan fingerprint density at radius 3 is 2.85 bits per heavy atom. The summed E-state index contributed by atoms with van der Waals surface area (Å²) in [5, 5.41) is 9.22. The lowest BCUT2D eigenvalue weighted by molar-refractivity contribution is -0.140. The Bertz CT molecular complexity index is 449. The number of carbonyl (C=O) groups is 1. The van der Waals surface area contributed by atoms with E-state index in [1.54, 1.807) is 11.8 Å². The fourth-order valence-electron chi connectivity index (χ4n) is 2.44. The van der Waals surface area contributed by atoms with Crippen LogP contribution in [0.2, 0.25) is 0 Å². The highest BCUT2D eigenvalue weighted by Crippen LogP contribution is 2.20. The van der Waals surface area contributed by atoms with Crippen LogP contribution in [-0.2, 0) is 4.79 Å². The van der Waals surface area contributed by atoms with E-state index in [0.29, 0.717) is 12.3 Å². The SMILES string of the molecule is CC(Oc1ccc(Br)cc1)C(=O)N1CCCC(CO)C1. The van der Waals surface area contributed by atoms with E-state index in [-0.39, 0.29) is 18.4 Å². The quantitative estimate of drug-likeness (QED) is 0.914. The van der Waals surface area contributed by atoms with Crippen molar-refractivity contribution in [2.24, 2.45) is 5.92 Å². The van der Waals surface area contributed by atoms with Gasteiger partial charge in [-0.3, -0.25) is 4.79 Å². The summed E-state index contributed by atoms with van der Waals surface area (Å²) >= 11 is 3.36. The molecule has 0 aliphatic carbocycles. The van der Waals surface area contributed by atoms with Gasteiger partial charge in [-0.15, -0.1) is 0 Å². The van der Waals surface area contributed by atoms with Crippen LogP contribution in [0.4, 0.5) is 0 Å². The number of rotatable bonds is 4. The van der Waals surface area contributed by atoms with E-state index in [9.17, 15) is 9.90 Å². The minimum atomic E-state index is -0.506. The van der Waals surface area contributed by atoms with Gasteiger partial charge in [0.05, 0.1) is 0 Å². The fraction of sp³-hybridized carbons (Fsp3) is 0.533. The van der Waals surface area contributed by atoms with Gasteiger partial charge in [0.1, 0.15) is 5.75 Å². The first-order valence-corrected chi connectivity index (χ1v) is 7.71. The number of ether oxygens (including phenoxy) is 1. The molecule has 110 valence electrons. The molecule has 1 aromatic carbocycles. The zero-order chi connectivity index (χ0) is 14.5. The van der Waals surface area contributed by atoms with Crippen LogP contribution in [0.3, 0.4) is 0 Å². The van der Waals surface area contributed by atoms with Crippen LogP contribution >= 0.6 is 15.9 Å². The van der Waals surface area contributed by atoms with Gasteiger partial charge in [-0.25, -0.2) is 0 Å². The largest absolute Gasteiger partial charge is 0.481 e. The third-order valence-electron chi connectivity index (χ3n) is 3.56. The van der Waals surface area contributed by atoms with E-state index in [4.69, 9.17) is 4.74 Å². The number of amides is 1. The third-order valence-corrected chi connectivity index (χ3v) is 4.09. The van der Waals surface area contributed by atoms with E-state index < -0.39 is 6.10 Å². The molecule has 0 aromatic heterocycles. The summed E-state index contributed by atoms with van der Waals surface area (Å²) in [6, 6.07) is 7.44. The normalized spacial score (nSPS) is 20.6. The van der Waals surface area contributed by atoms with Gasteiger partial charge < -0.3 is 14.7 Å². The summed E-state index contributed by atoms with van der Waals surface area (Å²) in [4.78, 5) is 14.1. The number of hydrogen-bond donors (Lipinski definition) is 1. The number of nitrogens with zero attached hydrogens (tertiary/aromatic N) is 1. The molecule has 20 heavy (non-hydrogen) atoms. The van der Waals surface area contributed by atoms with Gasteiger partial charge in [0.2, 0.25) is 0 Å². The molecule has 1 saturated heterocycles. The van der Waals surface area contributed by atoms with Crippen LogP contribution in [-0.4, -0.2) is 41.7 Å². The molecule has 1 fully saturated rings. The van der Waals surface area contributed by atoms with Crippen LogP contribution in [0.15, 0.2) is 28.7 Å². The van der Waals surface area contributed by atoms with Crippen molar-refractivity contribution in [1.29, 1.82) is 0 Å². The number of aliphatic hydroxyl groups excluding tert-OH is 1. The predicted octanol–water partition coefficient (Wildman–Crippen LogP) is 2.45. The summed E-state index contributed by atoms with van der Waals surface area (Å²) in [5.41, 5.74) is 0. The maximum Gasteiger partial charge on any atom is 0.263 e. The lowest BCUT2D eigenvalue weighted by Crippen LogP contribution is -2.46. The Morgan fingerprint density at radius 1 is 1.50 bits per heavy atom. The van der Waals surface area contributed by atoms with Crippen LogP contribution in [0.1, 0.15) is 19.8 Å². The van der Waals surface area contributed by atoms with Crippen molar-refractivity contribution in [1.82, 2.24) is 4.90 Å². The van der Waals surface area contributed by atoms with E-state index in [2.05, 4.69) is 15.9 Å². The van der Waals surface area contributed by atoms with Gasteiger partial charge in [0.15, 0.2) is 6.10 Å². The van der Waals surface area contributed by atoms with Crippen molar-refractivity contribution in [3.05, 3.63) is 28.7 Å². The number of piperidine rings is 1. The van der Waals surface area contributed by atoms with Gasteiger partial charge in [-0.2, -0.15) is 0 Å². The lowest BCUT2D eigenvalue weighted by Gasteiger charge is -2.33. The van der Waals surface area contributed by atoms with E-state index >= 15 is 0 Å². The maximum atomic E-state index is 12.3. The molecule has 5 heteroatoms. The van der Waals surface area contributed by atoms with E-state index in [1.807, 2.05) is 24.3 Å². The highest BCUT2D eigenvalue weighted by atomic mass is 79.9. The molecular formula is C15H20BrNO3. The monoisotopic (exact) mass is 341 g/mol. The second-order valence-corrected chi connectivity index (χ2v) is 6.10. The fourth-order valence-corrected chi connectivity index (χ4v) is 2.70. The number of halogens is 1. The van der Waals surface area contributed by atoms with Crippen molar-refractivity contribution in [3.63, 3.8) is 0 Å². The van der Waals surface area contributed by atoms with Crippen molar-refractivity contribution in [2.75, 3.05) is 19.7 Å². The molecule has 1 amide bonds. The minimum Gasteiger partial charge on any atom is -0.481 e. The van der Waals surface area contributed by atoms with E-state index in [0.717, 1.165) is 23.9 Å². The molecule has 2 rings (SSSR count). The highest BCUT2D eigenvalue weighted by molar-refractivity contribution is 9.10. The van der Waals surface area contributed by atoms with Crippen LogP contribution in [0, 0.1) is 5.92 Å². The minimum absolute atomic E-state index is 0.00827. The topological polar surface area (TPSA) is 49.8 Å². The van der Waals surface area contributed by atoms with Gasteiger partial charge in [0, 0.05) is 24.2 Å². The van der Waals surface area contributed by atoms with Gasteiger partial charge >= 0.3 is 0 Å². The molecule has 4 nitrogen and oxygen atoms in total. The Balaban J connectivity index is 1.92. The molecule has 2 unspecified atom stereocenters. The molecule has 2 atom stereocenters. The third kappa shape index (κ3) is 3.96. The first-order chi connectivity index (χ1) is 9.60. The summed E-state index contributed by atoms with van der Waals surface area (Å²) in [7, 11) is 0. The van der Waals surface area contributed by atoms with Gasteiger partial charge in [-0.1, -0.05) is 15.9 Å². The lowest BCUT2D eigenvalue weighted by atomic mass is 9.99. The number of carbonyl (C=O) groups excluding carboxylic acids is 1. The molecule has 1 aliphatic heterocycles. The standard InChI is InChI=1S/C15H20BrNO3/c1-11(20-14-6-4-13(16)5-7-14)15(19)17-8-2-3-12(9-17)10-18/h4-7,11-12,18H,2-3,8-10H2,1H3. The number of benzene rings is 1. The molecule has 1 aliphatic rings. The maximum absolute atomic E-state index is 12.3. The summed E-state index contributed by atoms with van der Waals surface area (Å²) in [5.74, 6) is 0.878. The zero-order valence-electron chi connectivity index (χ0n) is 11.6. The molecule has 0 radical (unpaired) electrons. The molecule has 0 saturated carbocycles. The highest BCUT2D eigenvalue weighted by Gasteiger charge is 2.27. The van der Waals surface area contributed by atoms with Crippen molar-refractivity contribution >= 4 is 21.8 Å². The predicted molar refractivity (Wildman–Crippen MR) is 80.6 cm³/mol. The Hall–Kier alpha value is -1.07. The van der Waals surface area contributed by atoms with Crippen molar-refractivity contribution < 1.29 is 14.6 Å². The van der Waals surface area contributed by atoms with Gasteiger partial charge in [0.25, 0.3) is 5.91 Å². The average Bonchev–Trinajstić information content (AvgIpc) is 2.48. The Labute approximate surface area is 127 Å². The Kier molecular flexibility index (Phi) is 5.43. The summed E-state index contributed by atoms with van der Waals surface area (Å²) in [6.45, 7) is 3.30. The average molecular weight is 342 g/mol. The second-order valence-electron chi connectivity index (χ2n) is 5.19. The smallest absolute Gasteiger partial charge is 0.263 e. The van der Waals surface area contributed by atoms with Crippen LogP contribution in [0.25, 0.3) is 0 Å². The number of hydrogen-bond acceptors (Lipinski definition) is 3. The van der Waals surface area contributed by atoms with Crippen molar-refractivity contribution in [3.8, 4) is 5.75 Å². The number of likely N-dealkylation sites (tertiary alicyclic amines) is 1. The molecule has 1 aromatic rings. The first kappa shape index (κ1) is 15.3. The summed E-state index contributed by atoms with van der Waals surface area (Å²) in [6.07, 6.45) is 1.43. The molecule has 0 bridgehead atoms. The van der Waals surface area contributed by atoms with E-state index in [1.165, 1.54) is 0 Å². The first-order valence-electron chi connectivity index (χ1n) is 6.92. The number of aliphatic hydroxyl groups is 1. The van der Waals surface area contributed by atoms with Crippen molar-refractivity contribution in [2.45, 2.75) is 25.9 Å². The molecule has 1 heterocycles. The Morgan fingerprint density at radius 2 is 2.20 bits per heavy atom. The molecule has 0 spiro atoms. The zero-order valence-corrected chi connectivity index (χ0v) is 13.2.